The molecule has 0 aliphatic heterocycles. The molecule has 0 atom stereocenters. The van der Waals surface area contributed by atoms with Crippen molar-refractivity contribution >= 4 is 33.4 Å². The SMILES string of the molecule is COC(=O)Cn1c(=NC(=O)c2cc(C)cc(C)c2)sc2cc(C)c(C)cc21. The summed E-state index contributed by atoms with van der Waals surface area (Å²) < 4.78 is 7.55. The molecule has 1 amide bonds. The minimum Gasteiger partial charge on any atom is -0.468 e. The van der Waals surface area contributed by atoms with Gasteiger partial charge in [-0.2, -0.15) is 4.99 Å². The smallest absolute Gasteiger partial charge is 0.325 e. The van der Waals surface area contributed by atoms with E-state index in [2.05, 4.69) is 11.1 Å². The average molecular weight is 382 g/mol. The predicted molar refractivity (Wildman–Crippen MR) is 107 cm³/mol. The van der Waals surface area contributed by atoms with Crippen molar-refractivity contribution in [3.05, 3.63) is 63.0 Å². The number of carbonyl (C=O) groups excluding carboxylic acids is 2. The second-order valence-electron chi connectivity index (χ2n) is 6.74. The van der Waals surface area contributed by atoms with Gasteiger partial charge in [0.1, 0.15) is 6.54 Å². The van der Waals surface area contributed by atoms with Crippen molar-refractivity contribution in [2.45, 2.75) is 34.2 Å². The van der Waals surface area contributed by atoms with Crippen LogP contribution in [0.2, 0.25) is 0 Å². The van der Waals surface area contributed by atoms with Gasteiger partial charge in [-0.25, -0.2) is 0 Å². The van der Waals surface area contributed by atoms with Crippen molar-refractivity contribution in [2.24, 2.45) is 4.99 Å². The molecule has 3 aromatic rings. The number of hydrogen-bond acceptors (Lipinski definition) is 4. The Balaban J connectivity index is 2.19. The van der Waals surface area contributed by atoms with Gasteiger partial charge in [-0.15, -0.1) is 0 Å². The number of ether oxygens (including phenoxy) is 1. The van der Waals surface area contributed by atoms with Crippen LogP contribution < -0.4 is 4.80 Å². The van der Waals surface area contributed by atoms with E-state index in [9.17, 15) is 9.59 Å². The van der Waals surface area contributed by atoms with Crippen molar-refractivity contribution in [3.8, 4) is 0 Å². The van der Waals surface area contributed by atoms with Gasteiger partial charge in [0.05, 0.1) is 17.3 Å². The number of amides is 1. The van der Waals surface area contributed by atoms with Gasteiger partial charge < -0.3 is 9.30 Å². The summed E-state index contributed by atoms with van der Waals surface area (Å²) in [5.41, 5.74) is 5.71. The van der Waals surface area contributed by atoms with Crippen LogP contribution in [0.1, 0.15) is 32.6 Å². The van der Waals surface area contributed by atoms with Crippen LogP contribution in [0.15, 0.2) is 35.3 Å². The van der Waals surface area contributed by atoms with E-state index in [0.717, 1.165) is 32.5 Å². The first-order valence-corrected chi connectivity index (χ1v) is 9.45. The topological polar surface area (TPSA) is 60.7 Å². The quantitative estimate of drug-likeness (QED) is 0.647. The Morgan fingerprint density at radius 3 is 2.26 bits per heavy atom. The van der Waals surface area contributed by atoms with Crippen molar-refractivity contribution < 1.29 is 14.3 Å². The average Bonchev–Trinajstić information content (AvgIpc) is 2.90. The van der Waals surface area contributed by atoms with Crippen LogP contribution in [0.3, 0.4) is 0 Å². The number of carbonyl (C=O) groups is 2. The Hall–Kier alpha value is -2.73. The summed E-state index contributed by atoms with van der Waals surface area (Å²) in [5, 5.41) is 0. The molecule has 0 radical (unpaired) electrons. The van der Waals surface area contributed by atoms with Crippen LogP contribution in [-0.2, 0) is 16.1 Å². The molecule has 0 bridgehead atoms. The first-order valence-electron chi connectivity index (χ1n) is 8.63. The number of benzene rings is 2. The lowest BCUT2D eigenvalue weighted by Crippen LogP contribution is -2.22. The zero-order chi connectivity index (χ0) is 19.7. The minimum atomic E-state index is -0.381. The first-order chi connectivity index (χ1) is 12.8. The fourth-order valence-electron chi connectivity index (χ4n) is 3.00. The highest BCUT2D eigenvalue weighted by Crippen LogP contribution is 2.22. The third-order valence-corrected chi connectivity index (χ3v) is 5.52. The van der Waals surface area contributed by atoms with E-state index < -0.39 is 0 Å². The Bertz CT molecular complexity index is 1100. The Morgan fingerprint density at radius 2 is 1.63 bits per heavy atom. The molecule has 1 heterocycles. The van der Waals surface area contributed by atoms with Gasteiger partial charge in [0.25, 0.3) is 5.91 Å². The molecule has 6 heteroatoms. The summed E-state index contributed by atoms with van der Waals surface area (Å²) in [6, 6.07) is 9.74. The van der Waals surface area contributed by atoms with Gasteiger partial charge in [0, 0.05) is 5.56 Å². The van der Waals surface area contributed by atoms with E-state index in [1.807, 2.05) is 52.0 Å². The number of aryl methyl sites for hydroxylation is 4. The summed E-state index contributed by atoms with van der Waals surface area (Å²) in [6.45, 7) is 7.97. The van der Waals surface area contributed by atoms with Gasteiger partial charge in [0.2, 0.25) is 0 Å². The summed E-state index contributed by atoms with van der Waals surface area (Å²) in [5.74, 6) is -0.700. The lowest BCUT2D eigenvalue weighted by Gasteiger charge is -2.06. The van der Waals surface area contributed by atoms with Crippen molar-refractivity contribution in [1.29, 1.82) is 0 Å². The second kappa shape index (κ2) is 7.48. The maximum Gasteiger partial charge on any atom is 0.325 e. The van der Waals surface area contributed by atoms with E-state index in [1.54, 1.807) is 4.57 Å². The number of methoxy groups -OCH3 is 1. The van der Waals surface area contributed by atoms with Crippen LogP contribution in [-0.4, -0.2) is 23.6 Å². The minimum absolute atomic E-state index is 0.0119. The lowest BCUT2D eigenvalue weighted by atomic mass is 10.1. The van der Waals surface area contributed by atoms with Crippen molar-refractivity contribution in [3.63, 3.8) is 0 Å². The molecule has 0 fully saturated rings. The molecular formula is C21H22N2O3S. The number of fused-ring (bicyclic) bond motifs is 1. The molecule has 5 nitrogen and oxygen atoms in total. The van der Waals surface area contributed by atoms with Crippen LogP contribution >= 0.6 is 11.3 Å². The zero-order valence-electron chi connectivity index (χ0n) is 16.1. The first kappa shape index (κ1) is 19.0. The molecule has 0 saturated carbocycles. The van der Waals surface area contributed by atoms with Crippen LogP contribution in [0.5, 0.6) is 0 Å². The molecule has 140 valence electrons. The number of rotatable bonds is 3. The third-order valence-electron chi connectivity index (χ3n) is 4.48. The van der Waals surface area contributed by atoms with Gasteiger partial charge in [0.15, 0.2) is 4.80 Å². The van der Waals surface area contributed by atoms with E-state index in [4.69, 9.17) is 4.74 Å². The molecule has 0 aliphatic rings. The molecular weight excluding hydrogens is 360 g/mol. The molecule has 3 rings (SSSR count). The van der Waals surface area contributed by atoms with Gasteiger partial charge in [-0.3, -0.25) is 9.59 Å². The number of hydrogen-bond donors (Lipinski definition) is 0. The molecule has 27 heavy (non-hydrogen) atoms. The van der Waals surface area contributed by atoms with E-state index in [-0.39, 0.29) is 18.4 Å². The van der Waals surface area contributed by atoms with E-state index in [1.165, 1.54) is 18.4 Å². The number of nitrogens with zero attached hydrogens (tertiary/aromatic N) is 2. The molecule has 0 N–H and O–H groups in total. The second-order valence-corrected chi connectivity index (χ2v) is 7.75. The largest absolute Gasteiger partial charge is 0.468 e. The molecule has 2 aromatic carbocycles. The highest BCUT2D eigenvalue weighted by Gasteiger charge is 2.14. The number of thiazole rings is 1. The molecule has 1 aromatic heterocycles. The van der Waals surface area contributed by atoms with Crippen molar-refractivity contribution in [2.75, 3.05) is 7.11 Å². The Labute approximate surface area is 161 Å². The molecule has 0 saturated heterocycles. The van der Waals surface area contributed by atoms with Crippen LogP contribution in [0.25, 0.3) is 10.2 Å². The fourth-order valence-corrected chi connectivity index (χ4v) is 4.11. The summed E-state index contributed by atoms with van der Waals surface area (Å²) in [4.78, 5) is 29.5. The summed E-state index contributed by atoms with van der Waals surface area (Å²) in [6.07, 6.45) is 0. The summed E-state index contributed by atoms with van der Waals surface area (Å²) >= 11 is 1.40. The molecule has 0 aliphatic carbocycles. The zero-order valence-corrected chi connectivity index (χ0v) is 16.9. The van der Waals surface area contributed by atoms with Gasteiger partial charge >= 0.3 is 5.97 Å². The lowest BCUT2D eigenvalue weighted by molar-refractivity contribution is -0.141. The maximum absolute atomic E-state index is 12.7. The number of aromatic nitrogens is 1. The van der Waals surface area contributed by atoms with Crippen LogP contribution in [0.4, 0.5) is 0 Å². The highest BCUT2D eigenvalue weighted by molar-refractivity contribution is 7.16. The molecule has 0 unspecified atom stereocenters. The third kappa shape index (κ3) is 4.01. The predicted octanol–water partition coefficient (Wildman–Crippen LogP) is 3.85. The standard InChI is InChI=1S/C21H22N2O3S/c1-12-6-13(2)8-16(7-12)20(25)22-21-23(11-19(24)26-5)17-9-14(3)15(4)10-18(17)27-21/h6-10H,11H2,1-5H3. The van der Waals surface area contributed by atoms with E-state index in [0.29, 0.717) is 10.4 Å². The normalized spacial score (nSPS) is 11.8. The maximum atomic E-state index is 12.7. The molecule has 0 spiro atoms. The van der Waals surface area contributed by atoms with E-state index >= 15 is 0 Å². The summed E-state index contributed by atoms with van der Waals surface area (Å²) in [7, 11) is 1.35. The highest BCUT2D eigenvalue weighted by atomic mass is 32.1. The van der Waals surface area contributed by atoms with Gasteiger partial charge in [-0.1, -0.05) is 28.5 Å². The number of esters is 1. The van der Waals surface area contributed by atoms with Gasteiger partial charge in [-0.05, 0) is 63.1 Å². The monoisotopic (exact) mass is 382 g/mol. The van der Waals surface area contributed by atoms with Crippen molar-refractivity contribution in [1.82, 2.24) is 4.57 Å². The Morgan fingerprint density at radius 1 is 1.00 bits per heavy atom. The fraction of sp³-hybridized carbons (Fsp3) is 0.286. The Kier molecular flexibility index (Phi) is 5.28. The van der Waals surface area contributed by atoms with Crippen LogP contribution in [0, 0.1) is 27.7 Å².